The van der Waals surface area contributed by atoms with Crippen LogP contribution in [-0.2, 0) is 0 Å². The van der Waals surface area contributed by atoms with Crippen LogP contribution in [0.2, 0.25) is 0 Å². The number of aryl methyl sites for hydroxylation is 1. The fourth-order valence-corrected chi connectivity index (χ4v) is 1.63. The molecule has 2 nitrogen and oxygen atoms in total. The SMILES string of the molecule is Cc1ccc(F)c2[nH]cnc(=S)c12. The second kappa shape index (κ2) is 2.88. The monoisotopic (exact) mass is 194 g/mol. The third kappa shape index (κ3) is 1.23. The predicted octanol–water partition coefficient (Wildman–Crippen LogP) is 2.74. The molecule has 66 valence electrons. The highest BCUT2D eigenvalue weighted by atomic mass is 32.1. The summed E-state index contributed by atoms with van der Waals surface area (Å²) in [5, 5.41) is 0.692. The van der Waals surface area contributed by atoms with E-state index in [0.717, 1.165) is 5.56 Å². The van der Waals surface area contributed by atoms with Gasteiger partial charge < -0.3 is 4.98 Å². The molecule has 0 saturated heterocycles. The zero-order valence-corrected chi connectivity index (χ0v) is 7.78. The van der Waals surface area contributed by atoms with E-state index in [1.54, 1.807) is 6.07 Å². The highest BCUT2D eigenvalue weighted by Gasteiger charge is 2.04. The maximum absolute atomic E-state index is 13.2. The molecule has 1 heterocycles. The molecule has 2 aromatic rings. The Balaban J connectivity index is 3.09. The summed E-state index contributed by atoms with van der Waals surface area (Å²) in [6, 6.07) is 3.12. The van der Waals surface area contributed by atoms with Crippen molar-refractivity contribution in [1.82, 2.24) is 9.97 Å². The van der Waals surface area contributed by atoms with Crippen LogP contribution in [0.3, 0.4) is 0 Å². The second-order valence-electron chi connectivity index (χ2n) is 2.82. The molecule has 0 radical (unpaired) electrons. The highest BCUT2D eigenvalue weighted by Crippen LogP contribution is 2.18. The number of benzene rings is 1. The molecular formula is C9H7FN2S. The van der Waals surface area contributed by atoms with Gasteiger partial charge >= 0.3 is 0 Å². The Morgan fingerprint density at radius 3 is 2.92 bits per heavy atom. The Morgan fingerprint density at radius 2 is 2.23 bits per heavy atom. The van der Waals surface area contributed by atoms with Gasteiger partial charge in [0.15, 0.2) is 0 Å². The first-order chi connectivity index (χ1) is 6.20. The van der Waals surface area contributed by atoms with Crippen LogP contribution in [0.15, 0.2) is 18.5 Å². The molecule has 0 aliphatic carbocycles. The Morgan fingerprint density at radius 1 is 1.46 bits per heavy atom. The molecular weight excluding hydrogens is 187 g/mol. The number of H-pyrrole nitrogens is 1. The van der Waals surface area contributed by atoms with Crippen molar-refractivity contribution in [1.29, 1.82) is 0 Å². The molecule has 0 fully saturated rings. The van der Waals surface area contributed by atoms with E-state index in [1.807, 2.05) is 6.92 Å². The van der Waals surface area contributed by atoms with Crippen molar-refractivity contribution < 1.29 is 4.39 Å². The van der Waals surface area contributed by atoms with Crippen LogP contribution < -0.4 is 0 Å². The Kier molecular flexibility index (Phi) is 1.84. The lowest BCUT2D eigenvalue weighted by Gasteiger charge is -2.01. The minimum atomic E-state index is -0.297. The van der Waals surface area contributed by atoms with Gasteiger partial charge in [-0.25, -0.2) is 9.37 Å². The van der Waals surface area contributed by atoms with Crippen LogP contribution in [0, 0.1) is 17.4 Å². The molecule has 0 atom stereocenters. The summed E-state index contributed by atoms with van der Waals surface area (Å²) in [6.45, 7) is 1.88. The van der Waals surface area contributed by atoms with Crippen LogP contribution in [0.4, 0.5) is 4.39 Å². The topological polar surface area (TPSA) is 28.7 Å². The molecule has 1 N–H and O–H groups in total. The lowest BCUT2D eigenvalue weighted by atomic mass is 10.1. The summed E-state index contributed by atoms with van der Waals surface area (Å²) >= 11 is 5.00. The molecule has 0 aliphatic heterocycles. The number of aromatic amines is 1. The van der Waals surface area contributed by atoms with E-state index in [2.05, 4.69) is 9.97 Å². The summed E-state index contributed by atoms with van der Waals surface area (Å²) in [7, 11) is 0. The van der Waals surface area contributed by atoms with E-state index in [4.69, 9.17) is 12.2 Å². The Labute approximate surface area is 79.4 Å². The fraction of sp³-hybridized carbons (Fsp3) is 0.111. The highest BCUT2D eigenvalue weighted by molar-refractivity contribution is 7.71. The van der Waals surface area contributed by atoms with Gasteiger partial charge in [-0.3, -0.25) is 0 Å². The number of hydrogen-bond acceptors (Lipinski definition) is 2. The van der Waals surface area contributed by atoms with Crippen molar-refractivity contribution in [3.8, 4) is 0 Å². The van der Waals surface area contributed by atoms with Crippen LogP contribution in [-0.4, -0.2) is 9.97 Å². The summed E-state index contributed by atoms with van der Waals surface area (Å²) < 4.78 is 13.7. The maximum atomic E-state index is 13.2. The molecule has 13 heavy (non-hydrogen) atoms. The first-order valence-electron chi connectivity index (χ1n) is 3.82. The van der Waals surface area contributed by atoms with Crippen molar-refractivity contribution in [2.45, 2.75) is 6.92 Å². The third-order valence-corrected chi connectivity index (χ3v) is 2.28. The number of nitrogens with one attached hydrogen (secondary N) is 1. The first kappa shape index (κ1) is 8.31. The van der Waals surface area contributed by atoms with E-state index in [1.165, 1.54) is 12.4 Å². The van der Waals surface area contributed by atoms with Crippen LogP contribution in [0.25, 0.3) is 10.9 Å². The van der Waals surface area contributed by atoms with Crippen LogP contribution in [0.5, 0.6) is 0 Å². The number of rotatable bonds is 0. The van der Waals surface area contributed by atoms with Gasteiger partial charge in [0.1, 0.15) is 10.5 Å². The van der Waals surface area contributed by atoms with E-state index < -0.39 is 0 Å². The molecule has 0 unspecified atom stereocenters. The number of halogens is 1. The minimum Gasteiger partial charge on any atom is -0.343 e. The third-order valence-electron chi connectivity index (χ3n) is 1.97. The van der Waals surface area contributed by atoms with Gasteiger partial charge in [-0.15, -0.1) is 0 Å². The van der Waals surface area contributed by atoms with Gasteiger partial charge in [0.25, 0.3) is 0 Å². The molecule has 1 aromatic heterocycles. The maximum Gasteiger partial charge on any atom is 0.147 e. The smallest absolute Gasteiger partial charge is 0.147 e. The summed E-state index contributed by atoms with van der Waals surface area (Å²) in [5.74, 6) is -0.297. The number of nitrogens with zero attached hydrogens (tertiary/aromatic N) is 1. The van der Waals surface area contributed by atoms with Gasteiger partial charge in [0, 0.05) is 5.39 Å². The van der Waals surface area contributed by atoms with Gasteiger partial charge in [0.05, 0.1) is 11.8 Å². The van der Waals surface area contributed by atoms with Crippen molar-refractivity contribution in [3.05, 3.63) is 34.5 Å². The first-order valence-corrected chi connectivity index (χ1v) is 4.23. The lowest BCUT2D eigenvalue weighted by molar-refractivity contribution is 0.636. The van der Waals surface area contributed by atoms with Crippen molar-refractivity contribution in [3.63, 3.8) is 0 Å². The van der Waals surface area contributed by atoms with Crippen LogP contribution >= 0.6 is 12.2 Å². The van der Waals surface area contributed by atoms with Crippen molar-refractivity contribution in [2.24, 2.45) is 0 Å². The quantitative estimate of drug-likeness (QED) is 0.653. The van der Waals surface area contributed by atoms with Gasteiger partial charge in [-0.05, 0) is 18.6 Å². The number of hydrogen-bond donors (Lipinski definition) is 1. The zero-order valence-electron chi connectivity index (χ0n) is 6.97. The molecule has 0 aliphatic rings. The largest absolute Gasteiger partial charge is 0.343 e. The average molecular weight is 194 g/mol. The summed E-state index contributed by atoms with van der Waals surface area (Å²) in [5.41, 5.74) is 1.37. The zero-order chi connectivity index (χ0) is 9.42. The molecule has 2 rings (SSSR count). The second-order valence-corrected chi connectivity index (χ2v) is 3.21. The van der Waals surface area contributed by atoms with E-state index in [-0.39, 0.29) is 5.82 Å². The van der Waals surface area contributed by atoms with Crippen LogP contribution in [0.1, 0.15) is 5.56 Å². The van der Waals surface area contributed by atoms with Crippen molar-refractivity contribution in [2.75, 3.05) is 0 Å². The molecule has 0 bridgehead atoms. The van der Waals surface area contributed by atoms with Gasteiger partial charge in [-0.1, -0.05) is 18.3 Å². The molecule has 0 saturated carbocycles. The Bertz CT molecular complexity index is 518. The number of fused-ring (bicyclic) bond motifs is 1. The molecule has 1 aromatic carbocycles. The van der Waals surface area contributed by atoms with Crippen molar-refractivity contribution >= 4 is 23.1 Å². The normalized spacial score (nSPS) is 10.6. The summed E-state index contributed by atoms with van der Waals surface area (Å²) in [4.78, 5) is 6.65. The standard InChI is InChI=1S/C9H7FN2S/c1-5-2-3-6(10)8-7(5)9(13)12-4-11-8/h2-4H,1H3,(H,11,12,13). The molecule has 0 amide bonds. The molecule has 4 heteroatoms. The Hall–Kier alpha value is -1.29. The molecule has 0 spiro atoms. The number of aromatic nitrogens is 2. The predicted molar refractivity (Wildman–Crippen MR) is 51.6 cm³/mol. The van der Waals surface area contributed by atoms with E-state index in [9.17, 15) is 4.39 Å². The average Bonchev–Trinajstić information content (AvgIpc) is 2.12. The summed E-state index contributed by atoms with van der Waals surface area (Å²) in [6.07, 6.45) is 1.41. The lowest BCUT2D eigenvalue weighted by Crippen LogP contribution is -1.89. The van der Waals surface area contributed by atoms with E-state index >= 15 is 0 Å². The van der Waals surface area contributed by atoms with Gasteiger partial charge in [0.2, 0.25) is 0 Å². The van der Waals surface area contributed by atoms with E-state index in [0.29, 0.717) is 15.5 Å². The fourth-order valence-electron chi connectivity index (χ4n) is 1.32. The van der Waals surface area contributed by atoms with Gasteiger partial charge in [-0.2, -0.15) is 0 Å². The minimum absolute atomic E-state index is 0.297.